The van der Waals surface area contributed by atoms with E-state index in [0.717, 1.165) is 49.5 Å². The fourth-order valence-electron chi connectivity index (χ4n) is 3.24. The Morgan fingerprint density at radius 3 is 2.41 bits per heavy atom. The lowest BCUT2D eigenvalue weighted by molar-refractivity contribution is 0.190. The van der Waals surface area contributed by atoms with Crippen LogP contribution in [0.4, 0.5) is 14.9 Å². The highest BCUT2D eigenvalue weighted by molar-refractivity contribution is 5.89. The van der Waals surface area contributed by atoms with Crippen LogP contribution in [0.5, 0.6) is 5.75 Å². The molecule has 0 radical (unpaired) electrons. The van der Waals surface area contributed by atoms with Crippen molar-refractivity contribution in [2.45, 2.75) is 32.4 Å². The predicted octanol–water partition coefficient (Wildman–Crippen LogP) is 4.01. The lowest BCUT2D eigenvalue weighted by Crippen LogP contribution is -2.45. The maximum absolute atomic E-state index is 13.0. The molecule has 0 unspecified atom stereocenters. The first-order valence-corrected chi connectivity index (χ1v) is 9.39. The molecular weight excluding hydrogens is 345 g/mol. The molecule has 2 N–H and O–H groups in total. The molecule has 0 aromatic heterocycles. The molecule has 1 saturated heterocycles. The van der Waals surface area contributed by atoms with Gasteiger partial charge in [-0.1, -0.05) is 12.1 Å². The third-order valence-electron chi connectivity index (χ3n) is 4.67. The van der Waals surface area contributed by atoms with Crippen molar-refractivity contribution in [2.75, 3.05) is 25.0 Å². The molecule has 1 fully saturated rings. The Morgan fingerprint density at radius 2 is 1.78 bits per heavy atom. The van der Waals surface area contributed by atoms with Crippen LogP contribution in [0.1, 0.15) is 25.3 Å². The average Bonchev–Trinajstić information content (AvgIpc) is 2.67. The highest BCUT2D eigenvalue weighted by atomic mass is 19.1. The van der Waals surface area contributed by atoms with Crippen LogP contribution in [0.2, 0.25) is 0 Å². The van der Waals surface area contributed by atoms with Crippen LogP contribution < -0.4 is 15.4 Å². The number of halogens is 1. The van der Waals surface area contributed by atoms with E-state index in [2.05, 4.69) is 15.5 Å². The highest BCUT2D eigenvalue weighted by Crippen LogP contribution is 2.17. The topological polar surface area (TPSA) is 53.6 Å². The molecule has 1 aliphatic rings. The van der Waals surface area contributed by atoms with Gasteiger partial charge in [0.1, 0.15) is 11.6 Å². The molecule has 27 heavy (non-hydrogen) atoms. The molecule has 1 aliphatic heterocycles. The highest BCUT2D eigenvalue weighted by Gasteiger charge is 2.20. The molecule has 1 heterocycles. The summed E-state index contributed by atoms with van der Waals surface area (Å²) >= 11 is 0. The van der Waals surface area contributed by atoms with Crippen molar-refractivity contribution >= 4 is 11.7 Å². The van der Waals surface area contributed by atoms with Crippen LogP contribution in [0.15, 0.2) is 48.5 Å². The molecule has 144 valence electrons. The van der Waals surface area contributed by atoms with Crippen molar-refractivity contribution in [1.29, 1.82) is 0 Å². The number of hydrogen-bond donors (Lipinski definition) is 2. The Hall–Kier alpha value is -2.60. The normalized spacial score (nSPS) is 15.3. The van der Waals surface area contributed by atoms with Crippen LogP contribution in [0.25, 0.3) is 0 Å². The fraction of sp³-hybridized carbons (Fsp3) is 0.381. The quantitative estimate of drug-likeness (QED) is 0.807. The number of carbonyl (C=O) groups excluding carboxylic acids is 1. The number of ether oxygens (including phenoxy) is 1. The number of carbonyl (C=O) groups is 1. The zero-order valence-electron chi connectivity index (χ0n) is 15.6. The SMILES string of the molecule is CCOc1ccc(NC(=O)NC2CCN(Cc3ccc(F)cc3)CC2)cc1. The van der Waals surface area contributed by atoms with E-state index >= 15 is 0 Å². The van der Waals surface area contributed by atoms with Crippen LogP contribution >= 0.6 is 0 Å². The van der Waals surface area contributed by atoms with Crippen molar-refractivity contribution in [2.24, 2.45) is 0 Å². The van der Waals surface area contributed by atoms with Gasteiger partial charge in [-0.3, -0.25) is 4.90 Å². The number of amides is 2. The van der Waals surface area contributed by atoms with Crippen molar-refractivity contribution in [3.05, 3.63) is 59.9 Å². The standard InChI is InChI=1S/C21H26FN3O2/c1-2-27-20-9-7-18(8-10-20)23-21(26)24-19-11-13-25(14-12-19)15-16-3-5-17(22)6-4-16/h3-10,19H,2,11-15H2,1H3,(H2,23,24,26). The van der Waals surface area contributed by atoms with E-state index in [-0.39, 0.29) is 17.9 Å². The lowest BCUT2D eigenvalue weighted by Gasteiger charge is -2.32. The van der Waals surface area contributed by atoms with Gasteiger partial charge in [0.25, 0.3) is 0 Å². The summed E-state index contributed by atoms with van der Waals surface area (Å²) in [6.45, 7) is 5.18. The summed E-state index contributed by atoms with van der Waals surface area (Å²) in [4.78, 5) is 14.5. The molecule has 0 atom stereocenters. The van der Waals surface area contributed by atoms with Crippen LogP contribution in [-0.4, -0.2) is 36.7 Å². The second-order valence-corrected chi connectivity index (χ2v) is 6.73. The number of hydrogen-bond acceptors (Lipinski definition) is 3. The second-order valence-electron chi connectivity index (χ2n) is 6.73. The van der Waals surface area contributed by atoms with Crippen molar-refractivity contribution in [3.8, 4) is 5.75 Å². The number of benzene rings is 2. The van der Waals surface area contributed by atoms with Crippen molar-refractivity contribution < 1.29 is 13.9 Å². The van der Waals surface area contributed by atoms with E-state index in [4.69, 9.17) is 4.74 Å². The number of likely N-dealkylation sites (tertiary alicyclic amines) is 1. The molecule has 3 rings (SSSR count). The molecule has 0 aliphatic carbocycles. The molecule has 0 spiro atoms. The minimum absolute atomic E-state index is 0.164. The number of nitrogens with zero attached hydrogens (tertiary/aromatic N) is 1. The van der Waals surface area contributed by atoms with E-state index in [1.54, 1.807) is 0 Å². The largest absolute Gasteiger partial charge is 0.494 e. The summed E-state index contributed by atoms with van der Waals surface area (Å²) < 4.78 is 18.4. The van der Waals surface area contributed by atoms with Gasteiger partial charge in [0.15, 0.2) is 0 Å². The molecule has 2 amide bonds. The van der Waals surface area contributed by atoms with Gasteiger partial charge in [-0.2, -0.15) is 0 Å². The smallest absolute Gasteiger partial charge is 0.319 e. The molecule has 0 saturated carbocycles. The maximum Gasteiger partial charge on any atom is 0.319 e. The lowest BCUT2D eigenvalue weighted by atomic mass is 10.0. The summed E-state index contributed by atoms with van der Waals surface area (Å²) in [5.41, 5.74) is 1.85. The van der Waals surface area contributed by atoms with Gasteiger partial charge in [-0.05, 0) is 61.7 Å². The van der Waals surface area contributed by atoms with Gasteiger partial charge in [0, 0.05) is 31.4 Å². The summed E-state index contributed by atoms with van der Waals surface area (Å²) in [6.07, 6.45) is 1.80. The van der Waals surface area contributed by atoms with E-state index < -0.39 is 0 Å². The summed E-state index contributed by atoms with van der Waals surface area (Å²) in [7, 11) is 0. The first-order valence-electron chi connectivity index (χ1n) is 9.39. The summed E-state index contributed by atoms with van der Waals surface area (Å²) in [5, 5.41) is 5.90. The minimum atomic E-state index is -0.208. The average molecular weight is 371 g/mol. The Bertz CT molecular complexity index is 726. The van der Waals surface area contributed by atoms with E-state index in [9.17, 15) is 9.18 Å². The van der Waals surface area contributed by atoms with Gasteiger partial charge >= 0.3 is 6.03 Å². The van der Waals surface area contributed by atoms with Crippen LogP contribution in [0, 0.1) is 5.82 Å². The second kappa shape index (κ2) is 9.37. The molecule has 2 aromatic rings. The van der Waals surface area contributed by atoms with E-state index in [1.165, 1.54) is 12.1 Å². The number of nitrogens with one attached hydrogen (secondary N) is 2. The Kier molecular flexibility index (Phi) is 6.65. The Balaban J connectivity index is 1.40. The van der Waals surface area contributed by atoms with Gasteiger partial charge in [-0.15, -0.1) is 0 Å². The zero-order chi connectivity index (χ0) is 19.1. The predicted molar refractivity (Wildman–Crippen MR) is 104 cm³/mol. The summed E-state index contributed by atoms with van der Waals surface area (Å²) in [6, 6.07) is 14.0. The van der Waals surface area contributed by atoms with Crippen molar-refractivity contribution in [1.82, 2.24) is 10.2 Å². The molecule has 0 bridgehead atoms. The minimum Gasteiger partial charge on any atom is -0.494 e. The Labute approximate surface area is 159 Å². The Morgan fingerprint density at radius 1 is 1.11 bits per heavy atom. The number of piperidine rings is 1. The van der Waals surface area contributed by atoms with Gasteiger partial charge in [0.05, 0.1) is 6.61 Å². The van der Waals surface area contributed by atoms with Gasteiger partial charge < -0.3 is 15.4 Å². The van der Waals surface area contributed by atoms with E-state index in [1.807, 2.05) is 43.3 Å². The van der Waals surface area contributed by atoms with Crippen LogP contribution in [-0.2, 0) is 6.54 Å². The van der Waals surface area contributed by atoms with Gasteiger partial charge in [-0.25, -0.2) is 9.18 Å². The zero-order valence-corrected chi connectivity index (χ0v) is 15.6. The van der Waals surface area contributed by atoms with Gasteiger partial charge in [0.2, 0.25) is 0 Å². The molecule has 5 nitrogen and oxygen atoms in total. The van der Waals surface area contributed by atoms with E-state index in [0.29, 0.717) is 6.61 Å². The maximum atomic E-state index is 13.0. The number of anilines is 1. The van der Waals surface area contributed by atoms with Crippen molar-refractivity contribution in [3.63, 3.8) is 0 Å². The third-order valence-corrected chi connectivity index (χ3v) is 4.67. The fourth-order valence-corrected chi connectivity index (χ4v) is 3.24. The third kappa shape index (κ3) is 5.96. The monoisotopic (exact) mass is 371 g/mol. The summed E-state index contributed by atoms with van der Waals surface area (Å²) in [5.74, 6) is 0.581. The molecule has 6 heteroatoms. The van der Waals surface area contributed by atoms with Crippen LogP contribution in [0.3, 0.4) is 0 Å². The molecular formula is C21H26FN3O2. The number of rotatable bonds is 6. The first kappa shape index (κ1) is 19.2. The first-order chi connectivity index (χ1) is 13.1. The number of urea groups is 1. The molecule has 2 aromatic carbocycles.